The number of carbonyl (C=O) groups is 1. The van der Waals surface area contributed by atoms with Crippen LogP contribution in [-0.4, -0.2) is 35.5 Å². The van der Waals surface area contributed by atoms with E-state index in [-0.39, 0.29) is 5.54 Å². The van der Waals surface area contributed by atoms with Crippen LogP contribution in [0, 0.1) is 10.8 Å². The van der Waals surface area contributed by atoms with Gasteiger partial charge >= 0.3 is 0 Å². The van der Waals surface area contributed by atoms with Gasteiger partial charge in [0.25, 0.3) is 0 Å². The Morgan fingerprint density at radius 2 is 1.90 bits per heavy atom. The minimum atomic E-state index is 0.0924. The molecule has 0 aromatic heterocycles. The van der Waals surface area contributed by atoms with Crippen LogP contribution in [0.2, 0.25) is 0 Å². The Hall–Kier alpha value is -0.570. The van der Waals surface area contributed by atoms with Crippen LogP contribution in [-0.2, 0) is 4.79 Å². The SMILES string of the molecule is CC1(C)CC2CC(C)(CN2C(=O)CCNC(C)(C)C)C1. The van der Waals surface area contributed by atoms with Gasteiger partial charge in [0.2, 0.25) is 5.91 Å². The lowest BCUT2D eigenvalue weighted by Crippen LogP contribution is -2.41. The second-order valence-corrected chi connectivity index (χ2v) is 9.16. The molecule has 2 fully saturated rings. The molecule has 2 unspecified atom stereocenters. The van der Waals surface area contributed by atoms with Gasteiger partial charge < -0.3 is 10.2 Å². The minimum absolute atomic E-state index is 0.0924. The summed E-state index contributed by atoms with van der Waals surface area (Å²) in [6.07, 6.45) is 4.25. The summed E-state index contributed by atoms with van der Waals surface area (Å²) in [7, 11) is 0. The monoisotopic (exact) mass is 280 g/mol. The van der Waals surface area contributed by atoms with Gasteiger partial charge in [-0.05, 0) is 50.9 Å². The first-order valence-electron chi connectivity index (χ1n) is 8.04. The molecule has 0 aromatic carbocycles. The molecule has 20 heavy (non-hydrogen) atoms. The topological polar surface area (TPSA) is 32.3 Å². The highest BCUT2D eigenvalue weighted by Crippen LogP contribution is 2.52. The lowest BCUT2D eigenvalue weighted by atomic mass is 9.65. The fourth-order valence-electron chi connectivity index (χ4n) is 4.44. The first-order valence-corrected chi connectivity index (χ1v) is 8.04. The fraction of sp³-hybridized carbons (Fsp3) is 0.941. The fourth-order valence-corrected chi connectivity index (χ4v) is 4.44. The number of hydrogen-bond donors (Lipinski definition) is 1. The van der Waals surface area contributed by atoms with E-state index in [1.807, 2.05) is 0 Å². The van der Waals surface area contributed by atoms with Crippen molar-refractivity contribution in [1.82, 2.24) is 10.2 Å². The number of nitrogens with zero attached hydrogens (tertiary/aromatic N) is 1. The number of likely N-dealkylation sites (tertiary alicyclic amines) is 1. The van der Waals surface area contributed by atoms with E-state index in [1.165, 1.54) is 19.3 Å². The van der Waals surface area contributed by atoms with Gasteiger partial charge in [-0.15, -0.1) is 0 Å². The minimum Gasteiger partial charge on any atom is -0.339 e. The molecule has 0 radical (unpaired) electrons. The van der Waals surface area contributed by atoms with Crippen molar-refractivity contribution in [2.45, 2.75) is 78.8 Å². The lowest BCUT2D eigenvalue weighted by molar-refractivity contribution is -0.132. The number of rotatable bonds is 3. The van der Waals surface area contributed by atoms with Gasteiger partial charge in [0, 0.05) is 31.1 Å². The van der Waals surface area contributed by atoms with E-state index in [1.54, 1.807) is 0 Å². The summed E-state index contributed by atoms with van der Waals surface area (Å²) in [5, 5.41) is 3.41. The molecule has 2 atom stereocenters. The maximum atomic E-state index is 12.5. The molecule has 1 N–H and O–H groups in total. The first kappa shape index (κ1) is 15.8. The van der Waals surface area contributed by atoms with Crippen LogP contribution in [0.25, 0.3) is 0 Å². The van der Waals surface area contributed by atoms with Crippen LogP contribution in [0.4, 0.5) is 0 Å². The molecule has 1 heterocycles. The zero-order valence-electron chi connectivity index (χ0n) is 14.2. The highest BCUT2D eigenvalue weighted by atomic mass is 16.2. The predicted molar refractivity (Wildman–Crippen MR) is 83.6 cm³/mol. The maximum Gasteiger partial charge on any atom is 0.224 e. The van der Waals surface area contributed by atoms with Gasteiger partial charge in [0.05, 0.1) is 0 Å². The molecule has 0 spiro atoms. The summed E-state index contributed by atoms with van der Waals surface area (Å²) in [5.74, 6) is 0.341. The molecule has 0 aromatic rings. The van der Waals surface area contributed by atoms with Crippen LogP contribution in [0.1, 0.15) is 67.2 Å². The van der Waals surface area contributed by atoms with Gasteiger partial charge in [0.15, 0.2) is 0 Å². The second kappa shape index (κ2) is 5.01. The predicted octanol–water partition coefficient (Wildman–Crippen LogP) is 3.19. The van der Waals surface area contributed by atoms with Crippen LogP contribution in [0.3, 0.4) is 0 Å². The third-order valence-corrected chi connectivity index (χ3v) is 4.73. The summed E-state index contributed by atoms with van der Waals surface area (Å²) in [6, 6.07) is 0.478. The van der Waals surface area contributed by atoms with E-state index >= 15 is 0 Å². The number of carbonyl (C=O) groups excluding carboxylic acids is 1. The molecule has 3 heteroatoms. The quantitative estimate of drug-likeness (QED) is 0.861. The van der Waals surface area contributed by atoms with E-state index in [2.05, 4.69) is 51.8 Å². The Balaban J connectivity index is 1.92. The normalized spacial score (nSPS) is 32.5. The zero-order valence-corrected chi connectivity index (χ0v) is 14.2. The van der Waals surface area contributed by atoms with E-state index in [0.717, 1.165) is 13.1 Å². The lowest BCUT2D eigenvalue weighted by Gasteiger charge is -2.39. The third-order valence-electron chi connectivity index (χ3n) is 4.73. The molecule has 116 valence electrons. The molecule has 3 nitrogen and oxygen atoms in total. The maximum absolute atomic E-state index is 12.5. The van der Waals surface area contributed by atoms with Gasteiger partial charge in [-0.1, -0.05) is 20.8 Å². The molecule has 1 aliphatic heterocycles. The Bertz CT molecular complexity index is 383. The Morgan fingerprint density at radius 1 is 1.25 bits per heavy atom. The smallest absolute Gasteiger partial charge is 0.224 e. The summed E-state index contributed by atoms with van der Waals surface area (Å²) < 4.78 is 0. The van der Waals surface area contributed by atoms with Gasteiger partial charge in [-0.3, -0.25) is 4.79 Å². The largest absolute Gasteiger partial charge is 0.339 e. The zero-order chi connectivity index (χ0) is 15.2. The van der Waals surface area contributed by atoms with Crippen molar-refractivity contribution in [2.75, 3.05) is 13.1 Å². The van der Waals surface area contributed by atoms with Crippen LogP contribution in [0.15, 0.2) is 0 Å². The van der Waals surface area contributed by atoms with E-state index in [9.17, 15) is 4.79 Å². The van der Waals surface area contributed by atoms with Crippen molar-refractivity contribution >= 4 is 5.91 Å². The van der Waals surface area contributed by atoms with Crippen molar-refractivity contribution < 1.29 is 4.79 Å². The van der Waals surface area contributed by atoms with Crippen molar-refractivity contribution in [3.63, 3.8) is 0 Å². The van der Waals surface area contributed by atoms with Crippen LogP contribution in [0.5, 0.6) is 0 Å². The highest BCUT2D eigenvalue weighted by molar-refractivity contribution is 5.77. The van der Waals surface area contributed by atoms with Crippen molar-refractivity contribution in [1.29, 1.82) is 0 Å². The van der Waals surface area contributed by atoms with Crippen molar-refractivity contribution in [3.05, 3.63) is 0 Å². The summed E-state index contributed by atoms with van der Waals surface area (Å²) in [6.45, 7) is 15.2. The van der Waals surface area contributed by atoms with Crippen LogP contribution < -0.4 is 5.32 Å². The molecule has 1 saturated heterocycles. The average Bonchev–Trinajstić information content (AvgIpc) is 2.45. The Morgan fingerprint density at radius 3 is 2.50 bits per heavy atom. The Labute approximate surface area is 124 Å². The highest BCUT2D eigenvalue weighted by Gasteiger charge is 2.50. The van der Waals surface area contributed by atoms with Crippen molar-refractivity contribution in [2.24, 2.45) is 10.8 Å². The molecule has 1 saturated carbocycles. The number of amides is 1. The van der Waals surface area contributed by atoms with E-state index < -0.39 is 0 Å². The number of nitrogens with one attached hydrogen (secondary N) is 1. The molecular formula is C17H32N2O. The average molecular weight is 280 g/mol. The summed E-state index contributed by atoms with van der Waals surface area (Å²) >= 11 is 0. The second-order valence-electron chi connectivity index (χ2n) is 9.16. The molecule has 2 rings (SSSR count). The molecular weight excluding hydrogens is 248 g/mol. The molecule has 1 aliphatic carbocycles. The number of fused-ring (bicyclic) bond motifs is 2. The standard InChI is InChI=1S/C17H32N2O/c1-15(2,3)18-8-7-14(20)19-12-17(6)10-13(19)9-16(4,5)11-17/h13,18H,7-12H2,1-6H3. The van der Waals surface area contributed by atoms with E-state index in [4.69, 9.17) is 0 Å². The van der Waals surface area contributed by atoms with Gasteiger partial charge in [-0.2, -0.15) is 0 Å². The third kappa shape index (κ3) is 3.75. The summed E-state index contributed by atoms with van der Waals surface area (Å²) in [4.78, 5) is 14.7. The van der Waals surface area contributed by atoms with Crippen molar-refractivity contribution in [3.8, 4) is 0 Å². The van der Waals surface area contributed by atoms with Crippen LogP contribution >= 0.6 is 0 Å². The van der Waals surface area contributed by atoms with Gasteiger partial charge in [0.1, 0.15) is 0 Å². The van der Waals surface area contributed by atoms with E-state index in [0.29, 0.717) is 29.2 Å². The molecule has 2 aliphatic rings. The number of hydrogen-bond acceptors (Lipinski definition) is 2. The summed E-state index contributed by atoms with van der Waals surface area (Å²) in [5.41, 5.74) is 0.824. The molecule has 1 amide bonds. The molecule has 2 bridgehead atoms. The van der Waals surface area contributed by atoms with Gasteiger partial charge in [-0.25, -0.2) is 0 Å². The first-order chi connectivity index (χ1) is 9.00. The Kier molecular flexibility index (Phi) is 3.96.